The molecular formula is C20H22BrNO3. The summed E-state index contributed by atoms with van der Waals surface area (Å²) in [5.74, 6) is 1.39. The van der Waals surface area contributed by atoms with Gasteiger partial charge in [0.25, 0.3) is 0 Å². The van der Waals surface area contributed by atoms with Crippen LogP contribution < -0.4 is 14.8 Å². The van der Waals surface area contributed by atoms with E-state index in [1.54, 1.807) is 0 Å². The topological polar surface area (TPSA) is 47.6 Å². The smallest absolute Gasteiger partial charge is 0.224 e. The highest BCUT2D eigenvalue weighted by molar-refractivity contribution is 9.10. The summed E-state index contributed by atoms with van der Waals surface area (Å²) < 4.78 is 12.0. The van der Waals surface area contributed by atoms with Crippen molar-refractivity contribution >= 4 is 21.8 Å². The van der Waals surface area contributed by atoms with Crippen molar-refractivity contribution in [2.75, 3.05) is 13.2 Å². The lowest BCUT2D eigenvalue weighted by Crippen LogP contribution is -2.28. The third-order valence-corrected chi connectivity index (χ3v) is 5.08. The largest absolute Gasteiger partial charge is 0.486 e. The van der Waals surface area contributed by atoms with Crippen molar-refractivity contribution in [1.82, 2.24) is 5.32 Å². The first-order valence-electron chi connectivity index (χ1n) is 8.38. The summed E-state index contributed by atoms with van der Waals surface area (Å²) in [5, 5.41) is 3.09. The van der Waals surface area contributed by atoms with Crippen LogP contribution in [-0.2, 0) is 11.2 Å². The van der Waals surface area contributed by atoms with Gasteiger partial charge in [0.2, 0.25) is 5.91 Å². The highest BCUT2D eigenvalue weighted by Gasteiger charge is 2.18. The maximum absolute atomic E-state index is 12.5. The van der Waals surface area contributed by atoms with Crippen molar-refractivity contribution < 1.29 is 14.3 Å². The molecule has 0 bridgehead atoms. The zero-order chi connectivity index (χ0) is 18.0. The van der Waals surface area contributed by atoms with Crippen molar-refractivity contribution in [2.24, 2.45) is 0 Å². The van der Waals surface area contributed by atoms with Gasteiger partial charge in [-0.05, 0) is 49.6 Å². The first-order valence-corrected chi connectivity index (χ1v) is 9.18. The fourth-order valence-corrected chi connectivity index (χ4v) is 3.47. The number of carbonyl (C=O) groups is 1. The van der Waals surface area contributed by atoms with Crippen molar-refractivity contribution in [3.8, 4) is 11.5 Å². The molecule has 1 heterocycles. The number of amides is 1. The van der Waals surface area contributed by atoms with Crippen molar-refractivity contribution in [3.63, 3.8) is 0 Å². The lowest BCUT2D eigenvalue weighted by molar-refractivity contribution is -0.121. The maximum atomic E-state index is 12.5. The third kappa shape index (κ3) is 4.15. The van der Waals surface area contributed by atoms with Crippen LogP contribution in [-0.4, -0.2) is 19.1 Å². The predicted molar refractivity (Wildman–Crippen MR) is 101 cm³/mol. The molecule has 1 aliphatic rings. The van der Waals surface area contributed by atoms with Gasteiger partial charge < -0.3 is 14.8 Å². The van der Waals surface area contributed by atoms with E-state index in [2.05, 4.69) is 53.3 Å². The molecule has 4 nitrogen and oxygen atoms in total. The standard InChI is InChI=1S/C20H22BrNO3/c1-12-4-5-13(2)16(8-12)14(3)22-20(23)10-15-9-18-19(11-17(15)21)25-7-6-24-18/h4-5,8-9,11,14H,6-7,10H2,1-3H3,(H,22,23). The Morgan fingerprint density at radius 1 is 1.16 bits per heavy atom. The monoisotopic (exact) mass is 403 g/mol. The number of hydrogen-bond donors (Lipinski definition) is 1. The lowest BCUT2D eigenvalue weighted by atomic mass is 9.99. The first kappa shape index (κ1) is 17.8. The van der Waals surface area contributed by atoms with E-state index < -0.39 is 0 Å². The Balaban J connectivity index is 1.71. The Hall–Kier alpha value is -2.01. The molecule has 0 spiro atoms. The summed E-state index contributed by atoms with van der Waals surface area (Å²) in [6.45, 7) is 7.22. The van der Waals surface area contributed by atoms with Crippen molar-refractivity contribution in [2.45, 2.75) is 33.2 Å². The molecule has 0 saturated carbocycles. The summed E-state index contributed by atoms with van der Waals surface area (Å²) in [6.07, 6.45) is 0.284. The average molecular weight is 404 g/mol. The van der Waals surface area contributed by atoms with Crippen LogP contribution >= 0.6 is 15.9 Å². The normalized spacial score (nSPS) is 14.1. The van der Waals surface area contributed by atoms with Gasteiger partial charge in [0, 0.05) is 4.47 Å². The Labute approximate surface area is 156 Å². The molecule has 1 aliphatic heterocycles. The summed E-state index contributed by atoms with van der Waals surface area (Å²) in [4.78, 5) is 12.5. The quantitative estimate of drug-likeness (QED) is 0.829. The van der Waals surface area contributed by atoms with E-state index >= 15 is 0 Å². The molecule has 0 aliphatic carbocycles. The van der Waals surface area contributed by atoms with E-state index in [4.69, 9.17) is 9.47 Å². The SMILES string of the molecule is Cc1ccc(C)c(C(C)NC(=O)Cc2cc3c(cc2Br)OCCO3)c1. The number of ether oxygens (including phenoxy) is 2. The molecule has 1 unspecified atom stereocenters. The summed E-state index contributed by atoms with van der Waals surface area (Å²) in [5.41, 5.74) is 4.40. The second-order valence-corrected chi connectivity index (χ2v) is 7.27. The van der Waals surface area contributed by atoms with Gasteiger partial charge in [-0.15, -0.1) is 0 Å². The average Bonchev–Trinajstić information content (AvgIpc) is 2.57. The molecule has 0 saturated heterocycles. The van der Waals surface area contributed by atoms with Crippen LogP contribution in [0.3, 0.4) is 0 Å². The van der Waals surface area contributed by atoms with Crippen LogP contribution in [0.15, 0.2) is 34.8 Å². The Morgan fingerprint density at radius 2 is 1.84 bits per heavy atom. The lowest BCUT2D eigenvalue weighted by Gasteiger charge is -2.20. The number of benzene rings is 2. The molecule has 0 aromatic heterocycles. The van der Waals surface area contributed by atoms with Crippen LogP contribution in [0.1, 0.15) is 35.2 Å². The second kappa shape index (κ2) is 7.48. The third-order valence-electron chi connectivity index (χ3n) is 4.34. The molecule has 0 radical (unpaired) electrons. The first-order chi connectivity index (χ1) is 11.9. The number of hydrogen-bond acceptors (Lipinski definition) is 3. The fraction of sp³-hybridized carbons (Fsp3) is 0.350. The van der Waals surface area contributed by atoms with Gasteiger partial charge in [-0.1, -0.05) is 39.7 Å². The molecule has 3 rings (SSSR count). The molecule has 132 valence electrons. The molecular weight excluding hydrogens is 382 g/mol. The number of carbonyl (C=O) groups excluding carboxylic acids is 1. The number of halogens is 1. The molecule has 2 aromatic carbocycles. The maximum Gasteiger partial charge on any atom is 0.224 e. The Bertz CT molecular complexity index is 804. The number of nitrogens with one attached hydrogen (secondary N) is 1. The zero-order valence-electron chi connectivity index (χ0n) is 14.7. The molecule has 0 fully saturated rings. The van der Waals surface area contributed by atoms with Crippen LogP contribution in [0.4, 0.5) is 0 Å². The number of fused-ring (bicyclic) bond motifs is 1. The Morgan fingerprint density at radius 3 is 2.56 bits per heavy atom. The fourth-order valence-electron chi connectivity index (χ4n) is 3.01. The molecule has 5 heteroatoms. The highest BCUT2D eigenvalue weighted by Crippen LogP contribution is 2.35. The van der Waals surface area contributed by atoms with Crippen LogP contribution in [0.2, 0.25) is 0 Å². The van der Waals surface area contributed by atoms with Crippen LogP contribution in [0.5, 0.6) is 11.5 Å². The van der Waals surface area contributed by atoms with E-state index in [0.29, 0.717) is 24.7 Å². The zero-order valence-corrected chi connectivity index (χ0v) is 16.3. The van der Waals surface area contributed by atoms with E-state index in [-0.39, 0.29) is 18.4 Å². The van der Waals surface area contributed by atoms with Gasteiger partial charge in [-0.25, -0.2) is 0 Å². The van der Waals surface area contributed by atoms with Crippen molar-refractivity contribution in [1.29, 1.82) is 0 Å². The van der Waals surface area contributed by atoms with Gasteiger partial charge in [-0.3, -0.25) is 4.79 Å². The minimum atomic E-state index is -0.0385. The minimum Gasteiger partial charge on any atom is -0.486 e. The molecule has 1 atom stereocenters. The van der Waals surface area contributed by atoms with Gasteiger partial charge in [-0.2, -0.15) is 0 Å². The molecule has 1 N–H and O–H groups in total. The molecule has 1 amide bonds. The second-order valence-electron chi connectivity index (χ2n) is 6.41. The predicted octanol–water partition coefficient (Wildman–Crippen LogP) is 4.26. The van der Waals surface area contributed by atoms with E-state index in [9.17, 15) is 4.79 Å². The van der Waals surface area contributed by atoms with Gasteiger partial charge in [0.05, 0.1) is 12.5 Å². The summed E-state index contributed by atoms with van der Waals surface area (Å²) in [7, 11) is 0. The van der Waals surface area contributed by atoms with Gasteiger partial charge >= 0.3 is 0 Å². The molecule has 25 heavy (non-hydrogen) atoms. The van der Waals surface area contributed by atoms with Crippen LogP contribution in [0, 0.1) is 13.8 Å². The van der Waals surface area contributed by atoms with E-state index in [0.717, 1.165) is 15.6 Å². The van der Waals surface area contributed by atoms with Crippen molar-refractivity contribution in [3.05, 3.63) is 57.1 Å². The van der Waals surface area contributed by atoms with E-state index in [1.807, 2.05) is 19.1 Å². The number of aryl methyl sites for hydroxylation is 2. The molecule has 2 aromatic rings. The summed E-state index contributed by atoms with van der Waals surface area (Å²) >= 11 is 3.52. The van der Waals surface area contributed by atoms with E-state index in [1.165, 1.54) is 11.1 Å². The highest BCUT2D eigenvalue weighted by atomic mass is 79.9. The van der Waals surface area contributed by atoms with Gasteiger partial charge in [0.15, 0.2) is 11.5 Å². The summed E-state index contributed by atoms with van der Waals surface area (Å²) in [6, 6.07) is 10.00. The van der Waals surface area contributed by atoms with Crippen LogP contribution in [0.25, 0.3) is 0 Å². The number of rotatable bonds is 4. The Kier molecular flexibility index (Phi) is 5.33. The van der Waals surface area contributed by atoms with Gasteiger partial charge in [0.1, 0.15) is 13.2 Å². The minimum absolute atomic E-state index is 0.0224.